The van der Waals surface area contributed by atoms with Crippen LogP contribution in [0.1, 0.15) is 12.5 Å². The van der Waals surface area contributed by atoms with Crippen LogP contribution in [0.4, 0.5) is 4.39 Å². The number of phenolic OH excluding ortho intramolecular Hbond substituents is 1. The van der Waals surface area contributed by atoms with E-state index in [1.165, 1.54) is 6.08 Å². The molecule has 1 N–H and O–H groups in total. The molecule has 0 atom stereocenters. The Morgan fingerprint density at radius 1 is 1.38 bits per heavy atom. The van der Waals surface area contributed by atoms with Crippen LogP contribution in [-0.2, 0) is 0 Å². The zero-order valence-corrected chi connectivity index (χ0v) is 9.23. The lowest BCUT2D eigenvalue weighted by Gasteiger charge is -1.95. The predicted molar refractivity (Wildman–Crippen MR) is 66.0 cm³/mol. The molecule has 1 aromatic rings. The number of aromatic hydroxyl groups is 1. The minimum absolute atomic E-state index is 0.254. The predicted octanol–water partition coefficient (Wildman–Crippen LogP) is 3.88. The number of allylic oxidation sites excluding steroid dienone is 5. The third kappa shape index (κ3) is 4.13. The molecule has 0 aliphatic carbocycles. The average molecular weight is 218 g/mol. The van der Waals surface area contributed by atoms with Crippen molar-refractivity contribution in [2.75, 3.05) is 6.67 Å². The van der Waals surface area contributed by atoms with Gasteiger partial charge in [0, 0.05) is 5.56 Å². The first-order chi connectivity index (χ1) is 7.74. The van der Waals surface area contributed by atoms with Gasteiger partial charge in [-0.25, -0.2) is 4.39 Å². The van der Waals surface area contributed by atoms with E-state index in [9.17, 15) is 9.50 Å². The third-order valence-corrected chi connectivity index (χ3v) is 2.04. The van der Waals surface area contributed by atoms with Crippen molar-refractivity contribution in [3.8, 4) is 5.75 Å². The Morgan fingerprint density at radius 3 is 2.81 bits per heavy atom. The molecule has 2 heteroatoms. The first kappa shape index (κ1) is 12.2. The van der Waals surface area contributed by atoms with Crippen molar-refractivity contribution in [2.45, 2.75) is 6.92 Å². The molecule has 0 unspecified atom stereocenters. The molecule has 0 heterocycles. The summed E-state index contributed by atoms with van der Waals surface area (Å²) in [4.78, 5) is 0. The Hall–Kier alpha value is -1.83. The first-order valence-electron chi connectivity index (χ1n) is 5.09. The molecule has 84 valence electrons. The van der Waals surface area contributed by atoms with E-state index in [4.69, 9.17) is 0 Å². The Morgan fingerprint density at radius 2 is 2.12 bits per heavy atom. The second kappa shape index (κ2) is 6.62. The van der Waals surface area contributed by atoms with E-state index in [-0.39, 0.29) is 5.75 Å². The number of para-hydroxylation sites is 1. The van der Waals surface area contributed by atoms with Crippen LogP contribution in [0, 0.1) is 0 Å². The molecule has 0 saturated heterocycles. The number of phenols is 1. The third-order valence-electron chi connectivity index (χ3n) is 2.04. The minimum atomic E-state index is -0.450. The van der Waals surface area contributed by atoms with Crippen molar-refractivity contribution in [1.82, 2.24) is 0 Å². The molecule has 0 radical (unpaired) electrons. The number of benzene rings is 1. The summed E-state index contributed by atoms with van der Waals surface area (Å²) in [5, 5.41) is 9.48. The molecule has 0 saturated carbocycles. The second-order valence-corrected chi connectivity index (χ2v) is 3.39. The van der Waals surface area contributed by atoms with Crippen LogP contribution in [0.15, 0.2) is 54.1 Å². The molecule has 1 aromatic carbocycles. The van der Waals surface area contributed by atoms with E-state index in [1.807, 2.05) is 37.3 Å². The summed E-state index contributed by atoms with van der Waals surface area (Å²) < 4.78 is 11.8. The topological polar surface area (TPSA) is 20.2 Å². The molecule has 0 spiro atoms. The van der Waals surface area contributed by atoms with E-state index in [1.54, 1.807) is 18.2 Å². The second-order valence-electron chi connectivity index (χ2n) is 3.39. The van der Waals surface area contributed by atoms with Gasteiger partial charge < -0.3 is 5.11 Å². The van der Waals surface area contributed by atoms with Gasteiger partial charge in [-0.2, -0.15) is 0 Å². The smallest absolute Gasteiger partial charge is 0.122 e. The summed E-state index contributed by atoms with van der Waals surface area (Å²) >= 11 is 0. The number of halogens is 1. The van der Waals surface area contributed by atoms with Gasteiger partial charge in [0.2, 0.25) is 0 Å². The van der Waals surface area contributed by atoms with Crippen molar-refractivity contribution in [2.24, 2.45) is 0 Å². The van der Waals surface area contributed by atoms with Crippen molar-refractivity contribution in [3.05, 3.63) is 59.7 Å². The lowest BCUT2D eigenvalue weighted by atomic mass is 10.1. The molecule has 0 aromatic heterocycles. The minimum Gasteiger partial charge on any atom is -0.507 e. The van der Waals surface area contributed by atoms with Gasteiger partial charge in [-0.15, -0.1) is 0 Å². The molecular weight excluding hydrogens is 203 g/mol. The summed E-state index contributed by atoms with van der Waals surface area (Å²) in [7, 11) is 0. The van der Waals surface area contributed by atoms with Gasteiger partial charge in [-0.3, -0.25) is 0 Å². The molecule has 0 fully saturated rings. The number of rotatable bonds is 4. The van der Waals surface area contributed by atoms with Gasteiger partial charge in [0.15, 0.2) is 0 Å². The maximum Gasteiger partial charge on any atom is 0.122 e. The molecule has 0 bridgehead atoms. The molecular formula is C14H15FO. The number of alkyl halides is 1. The van der Waals surface area contributed by atoms with Gasteiger partial charge in [-0.05, 0) is 13.0 Å². The van der Waals surface area contributed by atoms with Crippen LogP contribution in [0.3, 0.4) is 0 Å². The zero-order valence-electron chi connectivity index (χ0n) is 9.23. The quantitative estimate of drug-likeness (QED) is 0.760. The molecule has 0 amide bonds. The van der Waals surface area contributed by atoms with Gasteiger partial charge in [0.05, 0.1) is 0 Å². The summed E-state index contributed by atoms with van der Waals surface area (Å²) in [5.74, 6) is 0.254. The highest BCUT2D eigenvalue weighted by Gasteiger charge is 1.91. The van der Waals surface area contributed by atoms with Crippen LogP contribution in [0.2, 0.25) is 0 Å². The largest absolute Gasteiger partial charge is 0.507 e. The first-order valence-corrected chi connectivity index (χ1v) is 5.09. The fraction of sp³-hybridized carbons (Fsp3) is 0.143. The van der Waals surface area contributed by atoms with Gasteiger partial charge in [0.1, 0.15) is 12.4 Å². The number of hydrogen-bond donors (Lipinski definition) is 1. The van der Waals surface area contributed by atoms with E-state index in [0.29, 0.717) is 0 Å². The SMILES string of the molecule is CC(/C=C\CF)=C/C=C/c1ccccc1O. The van der Waals surface area contributed by atoms with Crippen molar-refractivity contribution < 1.29 is 9.50 Å². The molecule has 1 rings (SSSR count). The van der Waals surface area contributed by atoms with Crippen LogP contribution < -0.4 is 0 Å². The van der Waals surface area contributed by atoms with Crippen LogP contribution >= 0.6 is 0 Å². The van der Waals surface area contributed by atoms with Crippen molar-refractivity contribution >= 4 is 6.08 Å². The Labute approximate surface area is 95.2 Å². The lowest BCUT2D eigenvalue weighted by molar-refractivity contribution is 0.474. The van der Waals surface area contributed by atoms with E-state index in [0.717, 1.165) is 11.1 Å². The van der Waals surface area contributed by atoms with Crippen molar-refractivity contribution in [3.63, 3.8) is 0 Å². The highest BCUT2D eigenvalue weighted by Crippen LogP contribution is 2.17. The maximum absolute atomic E-state index is 11.8. The highest BCUT2D eigenvalue weighted by atomic mass is 19.1. The molecule has 1 nitrogen and oxygen atoms in total. The summed E-state index contributed by atoms with van der Waals surface area (Å²) in [6.45, 7) is 1.44. The maximum atomic E-state index is 11.8. The van der Waals surface area contributed by atoms with E-state index < -0.39 is 6.67 Å². The van der Waals surface area contributed by atoms with Crippen molar-refractivity contribution in [1.29, 1.82) is 0 Å². The van der Waals surface area contributed by atoms with E-state index in [2.05, 4.69) is 0 Å². The van der Waals surface area contributed by atoms with Crippen LogP contribution in [0.25, 0.3) is 6.08 Å². The fourth-order valence-electron chi connectivity index (χ4n) is 1.22. The van der Waals surface area contributed by atoms with E-state index >= 15 is 0 Å². The standard InChI is InChI=1S/C14H15FO/c1-12(7-5-11-15)6-4-9-13-8-2-3-10-14(13)16/h2-10,16H,11H2,1H3/b7-5-,9-4+,12-6-. The lowest BCUT2D eigenvalue weighted by Crippen LogP contribution is -1.72. The number of hydrogen-bond acceptors (Lipinski definition) is 1. The summed E-state index contributed by atoms with van der Waals surface area (Å²) in [5.41, 5.74) is 1.73. The van der Waals surface area contributed by atoms with Gasteiger partial charge in [0.25, 0.3) is 0 Å². The highest BCUT2D eigenvalue weighted by molar-refractivity contribution is 5.58. The van der Waals surface area contributed by atoms with Crippen LogP contribution in [0.5, 0.6) is 5.75 Å². The molecule has 0 aliphatic heterocycles. The monoisotopic (exact) mass is 218 g/mol. The zero-order chi connectivity index (χ0) is 11.8. The fourth-order valence-corrected chi connectivity index (χ4v) is 1.22. The molecule has 0 aliphatic rings. The normalized spacial score (nSPS) is 12.8. The summed E-state index contributed by atoms with van der Waals surface area (Å²) in [6, 6.07) is 7.10. The summed E-state index contributed by atoms with van der Waals surface area (Å²) in [6.07, 6.45) is 8.67. The van der Waals surface area contributed by atoms with Gasteiger partial charge >= 0.3 is 0 Å². The average Bonchev–Trinajstić information content (AvgIpc) is 2.29. The Kier molecular flexibility index (Phi) is 5.06. The van der Waals surface area contributed by atoms with Crippen LogP contribution in [-0.4, -0.2) is 11.8 Å². The van der Waals surface area contributed by atoms with Gasteiger partial charge in [-0.1, -0.05) is 54.2 Å². The Bertz CT molecular complexity index is 416. The Balaban J connectivity index is 2.68. The molecule has 16 heavy (non-hydrogen) atoms.